The zero-order chi connectivity index (χ0) is 36.3. The first-order chi connectivity index (χ1) is 25.0. The minimum Gasteiger partial charge on any atom is -0.508 e. The van der Waals surface area contributed by atoms with Crippen LogP contribution in [0, 0.1) is 12.7 Å². The van der Waals surface area contributed by atoms with Crippen molar-refractivity contribution in [2.45, 2.75) is 104 Å². The third-order valence-corrected chi connectivity index (χ3v) is 11.5. The second kappa shape index (κ2) is 13.5. The molecule has 0 radical (unpaired) electrons. The van der Waals surface area contributed by atoms with Crippen LogP contribution in [-0.4, -0.2) is 86.2 Å². The average Bonchev–Trinajstić information content (AvgIpc) is 3.68. The molecule has 0 aliphatic carbocycles. The third-order valence-electron chi connectivity index (χ3n) is 11.5. The summed E-state index contributed by atoms with van der Waals surface area (Å²) in [6, 6.07) is 6.84. The molecular formula is C39H48F2N8O3. The number of anilines is 2. The Balaban J connectivity index is 1.17. The van der Waals surface area contributed by atoms with Gasteiger partial charge in [-0.2, -0.15) is 15.1 Å². The van der Waals surface area contributed by atoms with Crippen molar-refractivity contribution >= 4 is 28.2 Å². The van der Waals surface area contributed by atoms with Crippen molar-refractivity contribution in [2.24, 2.45) is 0 Å². The molecule has 2 aromatic heterocycles. The van der Waals surface area contributed by atoms with Crippen molar-refractivity contribution in [1.29, 1.82) is 0 Å². The van der Waals surface area contributed by atoms with Gasteiger partial charge >= 0.3 is 6.01 Å². The summed E-state index contributed by atoms with van der Waals surface area (Å²) in [5.41, 5.74) is 5.12. The number of carbonyl (C=O) groups is 1. The number of phenols is 1. The second-order valence-corrected chi connectivity index (χ2v) is 15.3. The van der Waals surface area contributed by atoms with E-state index in [0.717, 1.165) is 77.1 Å². The average molecular weight is 715 g/mol. The minimum atomic E-state index is -0.870. The van der Waals surface area contributed by atoms with Crippen LogP contribution >= 0.6 is 0 Å². The molecule has 4 aromatic rings. The highest BCUT2D eigenvalue weighted by Gasteiger charge is 2.49. The van der Waals surface area contributed by atoms with E-state index in [4.69, 9.17) is 19.8 Å². The van der Waals surface area contributed by atoms with Crippen LogP contribution in [0.5, 0.6) is 11.8 Å². The zero-order valence-electron chi connectivity index (χ0n) is 30.5. The van der Waals surface area contributed by atoms with Gasteiger partial charge in [0, 0.05) is 66.9 Å². The normalized spacial score (nSPS) is 21.7. The topological polar surface area (TPSA) is 112 Å². The van der Waals surface area contributed by atoms with Gasteiger partial charge in [0.2, 0.25) is 0 Å². The Kier molecular flexibility index (Phi) is 8.95. The SMILES string of the molecule is CCc1c(F)ccc2cc(O)cc(N3CCc4c(nc(OC[C@@]56CCCN5C[C@H](F)C6)nc4N4CCCn5nc(C(=O)NC(C)C)c(C)c5C4)C3)c12. The number of amides is 1. The Hall–Kier alpha value is -4.52. The highest BCUT2D eigenvalue weighted by molar-refractivity contribution is 5.98. The number of nitrogens with zero attached hydrogens (tertiary/aromatic N) is 7. The second-order valence-electron chi connectivity index (χ2n) is 15.3. The first kappa shape index (κ1) is 34.6. The maximum absolute atomic E-state index is 15.1. The van der Waals surface area contributed by atoms with E-state index < -0.39 is 6.17 Å². The summed E-state index contributed by atoms with van der Waals surface area (Å²) in [6.07, 6.45) is 3.40. The molecule has 11 nitrogen and oxygen atoms in total. The number of carbonyl (C=O) groups excluding carboxylic acids is 1. The monoisotopic (exact) mass is 714 g/mol. The number of benzene rings is 2. The molecule has 1 amide bonds. The summed E-state index contributed by atoms with van der Waals surface area (Å²) in [5, 5.41) is 20.1. The van der Waals surface area contributed by atoms with Crippen molar-refractivity contribution < 1.29 is 23.4 Å². The number of aromatic nitrogens is 4. The maximum atomic E-state index is 15.1. The number of alkyl halides is 1. The predicted octanol–water partition coefficient (Wildman–Crippen LogP) is 5.61. The summed E-state index contributed by atoms with van der Waals surface area (Å²) < 4.78 is 38.2. The van der Waals surface area contributed by atoms with Crippen LogP contribution in [0.4, 0.5) is 20.3 Å². The number of nitrogens with one attached hydrogen (secondary N) is 1. The van der Waals surface area contributed by atoms with Gasteiger partial charge in [0.1, 0.15) is 30.2 Å². The Labute approximate surface area is 303 Å². The highest BCUT2D eigenvalue weighted by Crippen LogP contribution is 2.42. The van der Waals surface area contributed by atoms with Crippen LogP contribution in [0.15, 0.2) is 24.3 Å². The van der Waals surface area contributed by atoms with Crippen LogP contribution in [0.25, 0.3) is 10.8 Å². The van der Waals surface area contributed by atoms with Crippen LogP contribution in [0.2, 0.25) is 0 Å². The van der Waals surface area contributed by atoms with Gasteiger partial charge in [0.25, 0.3) is 5.91 Å². The molecule has 2 aromatic carbocycles. The summed E-state index contributed by atoms with van der Waals surface area (Å²) >= 11 is 0. The molecule has 13 heteroatoms. The Bertz CT molecular complexity index is 2030. The molecule has 0 bridgehead atoms. The molecule has 276 valence electrons. The summed E-state index contributed by atoms with van der Waals surface area (Å²) in [5.74, 6) is 0.472. The summed E-state index contributed by atoms with van der Waals surface area (Å²) in [4.78, 5) is 29.8. The van der Waals surface area contributed by atoms with E-state index in [1.807, 2.05) is 32.4 Å². The number of ether oxygens (including phenoxy) is 1. The molecule has 2 saturated heterocycles. The van der Waals surface area contributed by atoms with Crippen molar-refractivity contribution in [2.75, 3.05) is 42.6 Å². The predicted molar refractivity (Wildman–Crippen MR) is 196 cm³/mol. The van der Waals surface area contributed by atoms with E-state index in [-0.39, 0.29) is 35.1 Å². The lowest BCUT2D eigenvalue weighted by Gasteiger charge is -2.35. The number of rotatable bonds is 8. The lowest BCUT2D eigenvalue weighted by atomic mass is 9.95. The fourth-order valence-corrected chi connectivity index (χ4v) is 9.01. The van der Waals surface area contributed by atoms with Crippen molar-refractivity contribution in [3.63, 3.8) is 0 Å². The first-order valence-electron chi connectivity index (χ1n) is 18.8. The fraction of sp³-hybridized carbons (Fsp3) is 0.538. The Morgan fingerprint density at radius 2 is 1.96 bits per heavy atom. The molecule has 4 aliphatic heterocycles. The Morgan fingerprint density at radius 3 is 2.77 bits per heavy atom. The minimum absolute atomic E-state index is 0.00302. The number of halogens is 2. The van der Waals surface area contributed by atoms with Gasteiger partial charge < -0.3 is 25.0 Å². The van der Waals surface area contributed by atoms with Gasteiger partial charge in [0.05, 0.1) is 30.0 Å². The highest BCUT2D eigenvalue weighted by atomic mass is 19.1. The van der Waals surface area contributed by atoms with Crippen molar-refractivity contribution in [3.05, 3.63) is 63.9 Å². The lowest BCUT2D eigenvalue weighted by Crippen LogP contribution is -2.43. The van der Waals surface area contributed by atoms with Crippen LogP contribution in [0.3, 0.4) is 0 Å². The van der Waals surface area contributed by atoms with Crippen LogP contribution in [0.1, 0.15) is 85.0 Å². The van der Waals surface area contributed by atoms with Gasteiger partial charge in [0.15, 0.2) is 5.69 Å². The number of fused-ring (bicyclic) bond motifs is 4. The first-order valence-corrected chi connectivity index (χ1v) is 18.8. The van der Waals surface area contributed by atoms with Gasteiger partial charge in [-0.1, -0.05) is 13.0 Å². The molecule has 52 heavy (non-hydrogen) atoms. The molecule has 0 saturated carbocycles. The standard InChI is InChI=1S/C39H48F2N8O3/c1-5-28-30(41)9-8-25-16-27(50)17-32(34(25)28)46-15-10-29-31(20-46)43-38(52-22-39-11-6-13-48(39)19-26(40)18-39)44-36(29)47-12-7-14-49-33(21-47)24(4)35(45-49)37(51)42-23(2)3/h8-9,16-17,23,26,50H,5-7,10-15,18-22H2,1-4H3,(H,42,51)/t26-,39+/m1/s1. The molecule has 2 fully saturated rings. The molecule has 2 atom stereocenters. The molecule has 8 rings (SSSR count). The van der Waals surface area contributed by atoms with Crippen molar-refractivity contribution in [3.8, 4) is 11.8 Å². The number of hydrogen-bond acceptors (Lipinski definition) is 9. The quantitative estimate of drug-likeness (QED) is 0.241. The molecule has 2 N–H and O–H groups in total. The number of phenolic OH excluding ortho intramolecular Hbond substituents is 1. The molecule has 0 spiro atoms. The van der Waals surface area contributed by atoms with E-state index in [9.17, 15) is 14.3 Å². The van der Waals surface area contributed by atoms with E-state index in [1.165, 1.54) is 6.07 Å². The van der Waals surface area contributed by atoms with Gasteiger partial charge in [-0.3, -0.25) is 14.4 Å². The van der Waals surface area contributed by atoms with Gasteiger partial charge in [-0.15, -0.1) is 0 Å². The largest absolute Gasteiger partial charge is 0.508 e. The molecule has 0 unspecified atom stereocenters. The van der Waals surface area contributed by atoms with Crippen LogP contribution < -0.4 is 19.9 Å². The zero-order valence-corrected chi connectivity index (χ0v) is 30.5. The van der Waals surface area contributed by atoms with Gasteiger partial charge in [-0.25, -0.2) is 8.78 Å². The number of aryl methyl sites for hydroxylation is 2. The van der Waals surface area contributed by atoms with E-state index in [1.54, 1.807) is 18.2 Å². The van der Waals surface area contributed by atoms with E-state index >= 15 is 4.39 Å². The van der Waals surface area contributed by atoms with E-state index in [2.05, 4.69) is 20.0 Å². The molecule has 4 aliphatic rings. The molecule has 6 heterocycles. The summed E-state index contributed by atoms with van der Waals surface area (Å²) in [6.45, 7) is 12.3. The lowest BCUT2D eigenvalue weighted by molar-refractivity contribution is 0.0936. The van der Waals surface area contributed by atoms with Crippen molar-refractivity contribution in [1.82, 2.24) is 30.0 Å². The number of hydrogen-bond donors (Lipinski definition) is 2. The summed E-state index contributed by atoms with van der Waals surface area (Å²) in [7, 11) is 0. The van der Waals surface area contributed by atoms with E-state index in [0.29, 0.717) is 69.9 Å². The Morgan fingerprint density at radius 1 is 1.12 bits per heavy atom. The molecular weight excluding hydrogens is 666 g/mol. The van der Waals surface area contributed by atoms with Crippen LogP contribution in [-0.2, 0) is 32.5 Å². The fourth-order valence-electron chi connectivity index (χ4n) is 9.01. The third kappa shape index (κ3) is 6.10. The van der Waals surface area contributed by atoms with Gasteiger partial charge in [-0.05, 0) is 82.5 Å². The smallest absolute Gasteiger partial charge is 0.318 e. The number of aromatic hydroxyl groups is 1. The maximum Gasteiger partial charge on any atom is 0.318 e.